The average molecular weight is 340 g/mol. The van der Waals surface area contributed by atoms with Crippen LogP contribution in [0.4, 0.5) is 0 Å². The third-order valence-corrected chi connectivity index (χ3v) is 5.64. The van der Waals surface area contributed by atoms with Crippen LogP contribution < -0.4 is 5.32 Å². The molecule has 1 aromatic heterocycles. The molecule has 4 rings (SSSR count). The molecule has 25 heavy (non-hydrogen) atoms. The molecule has 0 unspecified atom stereocenters. The van der Waals surface area contributed by atoms with E-state index < -0.39 is 5.60 Å². The maximum absolute atomic E-state index is 12.6. The van der Waals surface area contributed by atoms with Crippen molar-refractivity contribution >= 4 is 22.8 Å². The standard InChI is InChI=1S/C20H24N2O3/c23-18-14-16(20(25-18)9-3-4-10-20)19(24)21-11-5-12-22-13-8-15-6-1-2-7-17(15)22/h1-2,6-8,13,16H,3-5,9-12,14H2,(H,21,24)/t16-/m0/s1. The Kier molecular flexibility index (Phi) is 4.24. The summed E-state index contributed by atoms with van der Waals surface area (Å²) < 4.78 is 7.76. The molecule has 1 aliphatic carbocycles. The molecule has 1 spiro atoms. The Morgan fingerprint density at radius 2 is 2.04 bits per heavy atom. The second kappa shape index (κ2) is 6.54. The molecule has 0 bridgehead atoms. The lowest BCUT2D eigenvalue weighted by Gasteiger charge is -2.27. The van der Waals surface area contributed by atoms with Crippen LogP contribution >= 0.6 is 0 Å². The van der Waals surface area contributed by atoms with Gasteiger partial charge in [-0.05, 0) is 49.6 Å². The third kappa shape index (κ3) is 3.03. The van der Waals surface area contributed by atoms with Crippen LogP contribution in [0.15, 0.2) is 36.5 Å². The van der Waals surface area contributed by atoms with Crippen LogP contribution in [0.25, 0.3) is 10.9 Å². The SMILES string of the molecule is O=C1C[C@@H](C(=O)NCCCn2ccc3ccccc32)C2(CCCC2)O1. The molecule has 1 atom stereocenters. The molecule has 1 saturated heterocycles. The maximum atomic E-state index is 12.6. The first-order chi connectivity index (χ1) is 12.2. The van der Waals surface area contributed by atoms with E-state index in [1.807, 2.05) is 12.1 Å². The minimum absolute atomic E-state index is 0.0230. The Balaban J connectivity index is 1.31. The highest BCUT2D eigenvalue weighted by Crippen LogP contribution is 2.45. The number of carbonyl (C=O) groups excluding carboxylic acids is 2. The summed E-state index contributed by atoms with van der Waals surface area (Å²) in [4.78, 5) is 24.3. The van der Waals surface area contributed by atoms with Crippen LogP contribution in [0.2, 0.25) is 0 Å². The second-order valence-corrected chi connectivity index (χ2v) is 7.22. The second-order valence-electron chi connectivity index (χ2n) is 7.22. The molecule has 1 amide bonds. The fourth-order valence-corrected chi connectivity index (χ4v) is 4.37. The van der Waals surface area contributed by atoms with Gasteiger partial charge in [0.2, 0.25) is 5.91 Å². The average Bonchev–Trinajstić information content (AvgIpc) is 3.32. The molecule has 1 N–H and O–H groups in total. The van der Waals surface area contributed by atoms with Crippen LogP contribution in [-0.4, -0.2) is 28.6 Å². The smallest absolute Gasteiger partial charge is 0.307 e. The summed E-state index contributed by atoms with van der Waals surface area (Å²) >= 11 is 0. The van der Waals surface area contributed by atoms with E-state index in [-0.39, 0.29) is 24.2 Å². The molecule has 2 heterocycles. The zero-order chi connectivity index (χ0) is 17.3. The zero-order valence-electron chi connectivity index (χ0n) is 14.4. The lowest BCUT2D eigenvalue weighted by molar-refractivity contribution is -0.149. The van der Waals surface area contributed by atoms with E-state index in [1.165, 1.54) is 10.9 Å². The minimum Gasteiger partial charge on any atom is -0.458 e. The number of rotatable bonds is 5. The summed E-state index contributed by atoms with van der Waals surface area (Å²) in [5.74, 6) is -0.555. The van der Waals surface area contributed by atoms with Gasteiger partial charge in [0.05, 0.1) is 12.3 Å². The molecule has 5 nitrogen and oxygen atoms in total. The van der Waals surface area contributed by atoms with Gasteiger partial charge >= 0.3 is 5.97 Å². The molecular weight excluding hydrogens is 316 g/mol. The molecular formula is C20H24N2O3. The fraction of sp³-hybridized carbons (Fsp3) is 0.500. The van der Waals surface area contributed by atoms with Crippen molar-refractivity contribution in [1.82, 2.24) is 9.88 Å². The van der Waals surface area contributed by atoms with Crippen molar-refractivity contribution in [2.24, 2.45) is 5.92 Å². The predicted octanol–water partition coefficient (Wildman–Crippen LogP) is 3.02. The van der Waals surface area contributed by atoms with E-state index in [9.17, 15) is 9.59 Å². The fourth-order valence-electron chi connectivity index (χ4n) is 4.37. The first kappa shape index (κ1) is 16.2. The molecule has 1 saturated carbocycles. The van der Waals surface area contributed by atoms with Crippen LogP contribution in [0.3, 0.4) is 0 Å². The summed E-state index contributed by atoms with van der Waals surface area (Å²) in [6, 6.07) is 10.4. The van der Waals surface area contributed by atoms with Gasteiger partial charge in [-0.3, -0.25) is 9.59 Å². The number of nitrogens with one attached hydrogen (secondary N) is 1. The largest absolute Gasteiger partial charge is 0.458 e. The highest BCUT2D eigenvalue weighted by atomic mass is 16.6. The van der Waals surface area contributed by atoms with Crippen molar-refractivity contribution < 1.29 is 14.3 Å². The number of hydrogen-bond acceptors (Lipinski definition) is 3. The Hall–Kier alpha value is -2.30. The number of fused-ring (bicyclic) bond motifs is 1. The Morgan fingerprint density at radius 3 is 2.88 bits per heavy atom. The van der Waals surface area contributed by atoms with Crippen LogP contribution in [-0.2, 0) is 20.9 Å². The first-order valence-corrected chi connectivity index (χ1v) is 9.21. The Bertz CT molecular complexity index is 789. The van der Waals surface area contributed by atoms with Gasteiger partial charge in [0, 0.05) is 24.8 Å². The van der Waals surface area contributed by atoms with E-state index in [4.69, 9.17) is 4.74 Å². The highest BCUT2D eigenvalue weighted by molar-refractivity contribution is 5.88. The number of nitrogens with zero attached hydrogens (tertiary/aromatic N) is 1. The third-order valence-electron chi connectivity index (χ3n) is 5.64. The van der Waals surface area contributed by atoms with Gasteiger partial charge in [-0.1, -0.05) is 18.2 Å². The number of aromatic nitrogens is 1. The van der Waals surface area contributed by atoms with Crippen molar-refractivity contribution in [3.8, 4) is 0 Å². The monoisotopic (exact) mass is 340 g/mol. The Morgan fingerprint density at radius 1 is 1.24 bits per heavy atom. The number of ether oxygens (including phenoxy) is 1. The number of carbonyl (C=O) groups is 2. The molecule has 2 aromatic rings. The predicted molar refractivity (Wildman–Crippen MR) is 95.0 cm³/mol. The first-order valence-electron chi connectivity index (χ1n) is 9.21. The van der Waals surface area contributed by atoms with E-state index >= 15 is 0 Å². The Labute approximate surface area is 147 Å². The molecule has 0 radical (unpaired) electrons. The van der Waals surface area contributed by atoms with Gasteiger partial charge in [-0.15, -0.1) is 0 Å². The van der Waals surface area contributed by atoms with Gasteiger partial charge in [0.15, 0.2) is 0 Å². The molecule has 2 aliphatic rings. The van der Waals surface area contributed by atoms with E-state index in [0.29, 0.717) is 6.54 Å². The molecule has 2 fully saturated rings. The number of hydrogen-bond donors (Lipinski definition) is 1. The number of aryl methyl sites for hydroxylation is 1. The van der Waals surface area contributed by atoms with Gasteiger partial charge in [-0.2, -0.15) is 0 Å². The van der Waals surface area contributed by atoms with Gasteiger partial charge in [-0.25, -0.2) is 0 Å². The van der Waals surface area contributed by atoms with E-state index in [1.54, 1.807) is 0 Å². The summed E-state index contributed by atoms with van der Waals surface area (Å²) in [6.07, 6.45) is 6.91. The summed E-state index contributed by atoms with van der Waals surface area (Å²) in [5.41, 5.74) is 0.700. The van der Waals surface area contributed by atoms with E-state index in [0.717, 1.165) is 38.6 Å². The van der Waals surface area contributed by atoms with Crippen molar-refractivity contribution in [2.75, 3.05) is 6.54 Å². The maximum Gasteiger partial charge on any atom is 0.307 e. The van der Waals surface area contributed by atoms with Crippen molar-refractivity contribution in [1.29, 1.82) is 0 Å². The van der Waals surface area contributed by atoms with Crippen LogP contribution in [0.1, 0.15) is 38.5 Å². The molecule has 1 aromatic carbocycles. The number of benzene rings is 1. The highest BCUT2D eigenvalue weighted by Gasteiger charge is 2.53. The van der Waals surface area contributed by atoms with Gasteiger partial charge in [0.1, 0.15) is 5.60 Å². The zero-order valence-corrected chi connectivity index (χ0v) is 14.4. The lowest BCUT2D eigenvalue weighted by Crippen LogP contribution is -2.43. The van der Waals surface area contributed by atoms with Crippen molar-refractivity contribution in [3.05, 3.63) is 36.5 Å². The quantitative estimate of drug-likeness (QED) is 0.672. The van der Waals surface area contributed by atoms with Gasteiger partial charge in [0.25, 0.3) is 0 Å². The lowest BCUT2D eigenvalue weighted by atomic mass is 9.85. The summed E-state index contributed by atoms with van der Waals surface area (Å²) in [7, 11) is 0. The molecule has 5 heteroatoms. The topological polar surface area (TPSA) is 60.3 Å². The van der Waals surface area contributed by atoms with Crippen LogP contribution in [0.5, 0.6) is 0 Å². The van der Waals surface area contributed by atoms with Crippen molar-refractivity contribution in [3.63, 3.8) is 0 Å². The normalized spacial score (nSPS) is 21.8. The number of esters is 1. The van der Waals surface area contributed by atoms with E-state index in [2.05, 4.69) is 34.3 Å². The van der Waals surface area contributed by atoms with Crippen molar-refractivity contribution in [2.45, 2.75) is 50.7 Å². The number of amides is 1. The minimum atomic E-state index is -0.516. The summed E-state index contributed by atoms with van der Waals surface area (Å²) in [5, 5.41) is 4.26. The molecule has 132 valence electrons. The van der Waals surface area contributed by atoms with Crippen LogP contribution in [0, 0.1) is 5.92 Å². The summed E-state index contributed by atoms with van der Waals surface area (Å²) in [6.45, 7) is 1.48. The number of para-hydroxylation sites is 1. The molecule has 1 aliphatic heterocycles. The van der Waals surface area contributed by atoms with Gasteiger partial charge < -0.3 is 14.6 Å².